The zero-order valence-corrected chi connectivity index (χ0v) is 45.0. The first-order valence-corrected chi connectivity index (χ1v) is 72.0. The summed E-state index contributed by atoms with van der Waals surface area (Å²) >= 11 is 0. The van der Waals surface area contributed by atoms with Gasteiger partial charge in [0.1, 0.15) is 0 Å². The van der Waals surface area contributed by atoms with Crippen LogP contribution in [0.4, 0.5) is 0 Å². The van der Waals surface area contributed by atoms with Crippen molar-refractivity contribution in [3.05, 3.63) is 0 Å². The van der Waals surface area contributed by atoms with Crippen LogP contribution in [-0.2, 0) is 0 Å². The highest BCUT2D eigenvalue weighted by molar-refractivity contribution is 8.54. The minimum absolute atomic E-state index is 1.21. The van der Waals surface area contributed by atoms with Gasteiger partial charge in [-0.3, -0.25) is 0 Å². The maximum atomic E-state index is 3.41. The molecule has 0 aliphatic carbocycles. The molecule has 0 N–H and O–H groups in total. The lowest BCUT2D eigenvalue weighted by Gasteiger charge is -2.81. The zero-order valence-electron chi connectivity index (χ0n) is 31.0. The highest BCUT2D eigenvalue weighted by Crippen LogP contribution is 2.72. The Morgan fingerprint density at radius 3 is 0.737 bits per heavy atom. The Morgan fingerprint density at radius 2 is 0.500 bits per heavy atom. The summed E-state index contributed by atoms with van der Waals surface area (Å²) in [5, 5.41) is 0. The summed E-state index contributed by atoms with van der Waals surface area (Å²) in [5.41, 5.74) is 0. The molecule has 2 bridgehead atoms. The van der Waals surface area contributed by atoms with Crippen LogP contribution in [0, 0.1) is 0 Å². The van der Waals surface area contributed by atoms with Crippen LogP contribution in [0.3, 0.4) is 0 Å². The normalized spacial score (nSPS) is 41.1. The summed E-state index contributed by atoms with van der Waals surface area (Å²) < 4.78 is 0. The van der Waals surface area contributed by atoms with Gasteiger partial charge in [0, 0.05) is 97.6 Å². The predicted molar refractivity (Wildman–Crippen MR) is 221 cm³/mol. The molecule has 224 valence electrons. The molecule has 3 aliphatic rings. The number of rotatable bonds is 2. The highest BCUT2D eigenvalue weighted by Gasteiger charge is 3.02. The Kier molecular flexibility index (Phi) is 7.53. The summed E-state index contributed by atoms with van der Waals surface area (Å²) in [5.74, 6) is 0. The fourth-order valence-corrected chi connectivity index (χ4v) is 1140. The van der Waals surface area contributed by atoms with Crippen molar-refractivity contribution in [2.45, 2.75) is 157 Å². The molecule has 38 heavy (non-hydrogen) atoms. The van der Waals surface area contributed by atoms with Crippen molar-refractivity contribution in [3.63, 3.8) is 0 Å². The standard InChI is InChI=1S/C24H72Si14/c1-25(2,3)37-31(14,15)33(18,19)38(35(37,22)23,34(20,21)32(37,16)17)36(24)29(10,11)27(6,7)26(4,5)28(8,9)30(36,12)13/h1-24H3. The van der Waals surface area contributed by atoms with E-state index in [1.807, 2.05) is 0 Å². The van der Waals surface area contributed by atoms with Gasteiger partial charge in [0.2, 0.25) is 0 Å². The van der Waals surface area contributed by atoms with Crippen molar-refractivity contribution < 1.29 is 0 Å². The van der Waals surface area contributed by atoms with Crippen molar-refractivity contribution in [2.75, 3.05) is 0 Å². The molecule has 14 heteroatoms. The van der Waals surface area contributed by atoms with Crippen molar-refractivity contribution in [3.8, 4) is 0 Å². The molecule has 0 unspecified atom stereocenters. The Hall–Kier alpha value is 3.04. The second-order valence-electron chi connectivity index (χ2n) is 21.1. The predicted octanol–water partition coefficient (Wildman–Crippen LogP) is 8.68. The molecule has 3 aliphatic heterocycles. The van der Waals surface area contributed by atoms with Crippen LogP contribution in [0.2, 0.25) is 157 Å². The van der Waals surface area contributed by atoms with E-state index >= 15 is 0 Å². The van der Waals surface area contributed by atoms with E-state index in [9.17, 15) is 0 Å². The third kappa shape index (κ3) is 2.61. The van der Waals surface area contributed by atoms with Gasteiger partial charge in [0.15, 0.2) is 0 Å². The summed E-state index contributed by atoms with van der Waals surface area (Å²) in [7, 11) is -14.3. The summed E-state index contributed by atoms with van der Waals surface area (Å²) in [6.07, 6.45) is -2.69. The first-order valence-electron chi connectivity index (χ1n) is 16.0. The third-order valence-corrected chi connectivity index (χ3v) is 512. The SMILES string of the molecule is C[Si](C)(C)[Si]12[Si](C)(C)[Si](C)(C)[Si]([Si]3(C)[Si](C)(C)[Si](C)(C)[Si](C)(C)[Si](C)(C)[Si]3(C)C)([Si](C)(C)[Si]1(C)C)[Si]2(C)C. The van der Waals surface area contributed by atoms with Crippen molar-refractivity contribution in [1.29, 1.82) is 0 Å². The van der Waals surface area contributed by atoms with Gasteiger partial charge in [-0.05, 0) is 0 Å². The molecule has 3 heterocycles. The van der Waals surface area contributed by atoms with Gasteiger partial charge in [-0.25, -0.2) is 0 Å². The maximum absolute atomic E-state index is 3.41. The van der Waals surface area contributed by atoms with Crippen LogP contribution in [0.25, 0.3) is 0 Å². The molecule has 0 aromatic rings. The number of hydrogen-bond acceptors (Lipinski definition) is 0. The summed E-state index contributed by atoms with van der Waals surface area (Å²) in [6, 6.07) is 0. The largest absolute Gasteiger partial charge is 0.0756 e. The lowest BCUT2D eigenvalue weighted by atomic mass is 11.8. The second kappa shape index (κ2) is 8.05. The Balaban J connectivity index is 2.84. The monoisotopic (exact) mass is 752 g/mol. The number of fused-ring (bicyclic) bond motifs is 2. The van der Waals surface area contributed by atoms with Crippen molar-refractivity contribution in [1.82, 2.24) is 0 Å². The summed E-state index contributed by atoms with van der Waals surface area (Å²) in [4.78, 5) is 0. The van der Waals surface area contributed by atoms with E-state index in [1.165, 1.54) is 0 Å². The van der Waals surface area contributed by atoms with E-state index in [1.54, 1.807) is 0 Å². The molecule has 0 atom stereocenters. The smallest absolute Gasteiger partial charge is 0.0307 e. The molecular weight excluding hydrogens is 681 g/mol. The molecule has 0 aromatic carbocycles. The van der Waals surface area contributed by atoms with Crippen LogP contribution in [0.15, 0.2) is 0 Å². The lowest BCUT2D eigenvalue weighted by molar-refractivity contribution is 1.74. The molecule has 0 aromatic heterocycles. The molecule has 3 saturated heterocycles. The molecule has 0 nitrogen and oxygen atoms in total. The molecule has 0 amide bonds. The van der Waals surface area contributed by atoms with Crippen LogP contribution in [0.1, 0.15) is 0 Å². The average Bonchev–Trinajstić information content (AvgIpc) is 2.79. The van der Waals surface area contributed by atoms with Gasteiger partial charge < -0.3 is 0 Å². The number of hydrogen-bond donors (Lipinski definition) is 0. The fourth-order valence-electron chi connectivity index (χ4n) is 16.8. The average molecular weight is 754 g/mol. The summed E-state index contributed by atoms with van der Waals surface area (Å²) in [6.45, 7) is 74.7. The van der Waals surface area contributed by atoms with Crippen molar-refractivity contribution in [2.24, 2.45) is 0 Å². The van der Waals surface area contributed by atoms with Gasteiger partial charge >= 0.3 is 0 Å². The first-order chi connectivity index (χ1) is 16.0. The maximum Gasteiger partial charge on any atom is 0.0307 e. The fraction of sp³-hybridized carbons (Fsp3) is 1.00. The quantitative estimate of drug-likeness (QED) is 0.248. The van der Waals surface area contributed by atoms with Crippen LogP contribution in [0.5, 0.6) is 0 Å². The van der Waals surface area contributed by atoms with Gasteiger partial charge in [-0.1, -0.05) is 157 Å². The van der Waals surface area contributed by atoms with Gasteiger partial charge in [-0.2, -0.15) is 0 Å². The minimum Gasteiger partial charge on any atom is -0.0756 e. The first kappa shape index (κ1) is 35.5. The van der Waals surface area contributed by atoms with E-state index in [-0.39, 0.29) is 0 Å². The zero-order chi connectivity index (χ0) is 31.0. The minimum atomic E-state index is -1.45. The van der Waals surface area contributed by atoms with E-state index < -0.39 is 97.6 Å². The van der Waals surface area contributed by atoms with E-state index in [0.29, 0.717) is 0 Å². The van der Waals surface area contributed by atoms with E-state index in [4.69, 9.17) is 0 Å². The molecule has 0 spiro atoms. The van der Waals surface area contributed by atoms with Gasteiger partial charge in [-0.15, -0.1) is 0 Å². The van der Waals surface area contributed by atoms with Crippen molar-refractivity contribution >= 4 is 97.6 Å². The molecule has 0 saturated carbocycles. The molecule has 3 rings (SSSR count). The topological polar surface area (TPSA) is 0 Å². The third-order valence-electron chi connectivity index (χ3n) is 19.4. The van der Waals surface area contributed by atoms with E-state index in [2.05, 4.69) is 157 Å². The second-order valence-corrected chi connectivity index (χ2v) is 207. The Bertz CT molecular complexity index is 996. The highest BCUT2D eigenvalue weighted by atomic mass is 30.7. The Morgan fingerprint density at radius 1 is 0.263 bits per heavy atom. The van der Waals surface area contributed by atoms with Crippen LogP contribution in [-0.4, -0.2) is 97.6 Å². The van der Waals surface area contributed by atoms with Crippen LogP contribution >= 0.6 is 0 Å². The molecule has 0 radical (unpaired) electrons. The molecule has 3 fully saturated rings. The van der Waals surface area contributed by atoms with Gasteiger partial charge in [0.05, 0.1) is 0 Å². The molecular formula is C24H72Si14. The van der Waals surface area contributed by atoms with Crippen LogP contribution < -0.4 is 0 Å². The lowest BCUT2D eigenvalue weighted by Crippen LogP contribution is -3.12. The van der Waals surface area contributed by atoms with Gasteiger partial charge in [0.25, 0.3) is 0 Å². The van der Waals surface area contributed by atoms with E-state index in [0.717, 1.165) is 0 Å². The Labute approximate surface area is 252 Å².